The summed E-state index contributed by atoms with van der Waals surface area (Å²) in [7, 11) is 0. The fraction of sp³-hybridized carbons (Fsp3) is 0.538. The van der Waals surface area contributed by atoms with Crippen molar-refractivity contribution >= 4 is 27.5 Å². The van der Waals surface area contributed by atoms with Crippen LogP contribution in [0.15, 0.2) is 18.2 Å². The second-order valence-electron chi connectivity index (χ2n) is 4.49. The Labute approximate surface area is 110 Å². The lowest BCUT2D eigenvalue weighted by atomic mass is 9.87. The van der Waals surface area contributed by atoms with Gasteiger partial charge >= 0.3 is 0 Å². The smallest absolute Gasteiger partial charge is 0.127 e. The Hall–Kier alpha value is -0.0800. The average molecular weight is 308 g/mol. The SMILES string of the molecule is CC(C)C(Cc1c(F)cccc1Cl)C(C)Br. The van der Waals surface area contributed by atoms with Crippen molar-refractivity contribution in [2.75, 3.05) is 0 Å². The van der Waals surface area contributed by atoms with E-state index in [0.29, 0.717) is 33.7 Å². The number of hydrogen-bond acceptors (Lipinski definition) is 0. The Bertz CT molecular complexity index is 322. The topological polar surface area (TPSA) is 0 Å². The summed E-state index contributed by atoms with van der Waals surface area (Å²) in [6, 6.07) is 4.86. The van der Waals surface area contributed by atoms with Crippen LogP contribution in [0, 0.1) is 17.7 Å². The molecule has 0 spiro atoms. The van der Waals surface area contributed by atoms with Crippen LogP contribution in [0.1, 0.15) is 26.3 Å². The van der Waals surface area contributed by atoms with Gasteiger partial charge in [-0.2, -0.15) is 0 Å². The van der Waals surface area contributed by atoms with Crippen molar-refractivity contribution in [3.63, 3.8) is 0 Å². The van der Waals surface area contributed by atoms with E-state index in [9.17, 15) is 4.39 Å². The summed E-state index contributed by atoms with van der Waals surface area (Å²) in [5.41, 5.74) is 0.633. The maximum absolute atomic E-state index is 13.6. The van der Waals surface area contributed by atoms with E-state index < -0.39 is 0 Å². The molecule has 2 unspecified atom stereocenters. The van der Waals surface area contributed by atoms with Gasteiger partial charge < -0.3 is 0 Å². The first-order valence-electron chi connectivity index (χ1n) is 5.50. The summed E-state index contributed by atoms with van der Waals surface area (Å²) in [6.45, 7) is 6.40. The van der Waals surface area contributed by atoms with Crippen LogP contribution in [-0.2, 0) is 6.42 Å². The summed E-state index contributed by atoms with van der Waals surface area (Å²) < 4.78 is 13.6. The van der Waals surface area contributed by atoms with E-state index in [1.165, 1.54) is 6.07 Å². The Kier molecular flexibility index (Phi) is 5.26. The zero-order chi connectivity index (χ0) is 12.3. The molecule has 16 heavy (non-hydrogen) atoms. The lowest BCUT2D eigenvalue weighted by molar-refractivity contribution is 0.378. The van der Waals surface area contributed by atoms with Gasteiger partial charge in [0.1, 0.15) is 5.82 Å². The van der Waals surface area contributed by atoms with Crippen LogP contribution in [0.25, 0.3) is 0 Å². The quantitative estimate of drug-likeness (QED) is 0.681. The second kappa shape index (κ2) is 6.02. The molecule has 0 aliphatic heterocycles. The van der Waals surface area contributed by atoms with Gasteiger partial charge in [0.2, 0.25) is 0 Å². The van der Waals surface area contributed by atoms with Gasteiger partial charge in [0.25, 0.3) is 0 Å². The molecule has 0 aromatic heterocycles. The van der Waals surface area contributed by atoms with E-state index in [0.717, 1.165) is 0 Å². The van der Waals surface area contributed by atoms with Gasteiger partial charge in [0.15, 0.2) is 0 Å². The summed E-state index contributed by atoms with van der Waals surface area (Å²) in [4.78, 5) is 0.350. The van der Waals surface area contributed by atoms with E-state index in [4.69, 9.17) is 11.6 Å². The van der Waals surface area contributed by atoms with E-state index >= 15 is 0 Å². The summed E-state index contributed by atoms with van der Waals surface area (Å²) >= 11 is 9.61. The van der Waals surface area contributed by atoms with Gasteiger partial charge in [-0.05, 0) is 30.4 Å². The highest BCUT2D eigenvalue weighted by atomic mass is 79.9. The third-order valence-electron chi connectivity index (χ3n) is 2.95. The first-order chi connectivity index (χ1) is 7.43. The molecule has 0 bridgehead atoms. The molecule has 0 nitrogen and oxygen atoms in total. The third-order valence-corrected chi connectivity index (χ3v) is 3.98. The molecule has 90 valence electrons. The molecule has 3 heteroatoms. The Balaban J connectivity index is 2.94. The number of alkyl halides is 1. The van der Waals surface area contributed by atoms with Gasteiger partial charge in [-0.25, -0.2) is 4.39 Å². The fourth-order valence-corrected chi connectivity index (χ4v) is 2.93. The second-order valence-corrected chi connectivity index (χ2v) is 6.34. The number of halogens is 3. The molecule has 1 rings (SSSR count). The molecule has 0 saturated carbocycles. The zero-order valence-electron chi connectivity index (χ0n) is 9.81. The molecular formula is C13H17BrClF. The number of benzene rings is 1. The average Bonchev–Trinajstić information content (AvgIpc) is 2.15. The maximum atomic E-state index is 13.6. The van der Waals surface area contributed by atoms with Crippen LogP contribution in [0.5, 0.6) is 0 Å². The highest BCUT2D eigenvalue weighted by molar-refractivity contribution is 9.09. The third kappa shape index (κ3) is 3.46. The maximum Gasteiger partial charge on any atom is 0.127 e. The van der Waals surface area contributed by atoms with Crippen LogP contribution < -0.4 is 0 Å². The highest BCUT2D eigenvalue weighted by Gasteiger charge is 2.21. The molecule has 2 atom stereocenters. The lowest BCUT2D eigenvalue weighted by Gasteiger charge is -2.24. The first kappa shape index (κ1) is 14.0. The molecule has 0 amide bonds. The van der Waals surface area contributed by atoms with Gasteiger partial charge in [-0.1, -0.05) is 54.4 Å². The van der Waals surface area contributed by atoms with Crippen molar-refractivity contribution < 1.29 is 4.39 Å². The van der Waals surface area contributed by atoms with Crippen LogP contribution in [0.3, 0.4) is 0 Å². The predicted molar refractivity (Wildman–Crippen MR) is 71.8 cm³/mol. The number of hydrogen-bond donors (Lipinski definition) is 0. The molecule has 0 N–H and O–H groups in total. The fourth-order valence-electron chi connectivity index (χ4n) is 1.89. The van der Waals surface area contributed by atoms with Crippen molar-refractivity contribution in [1.29, 1.82) is 0 Å². The van der Waals surface area contributed by atoms with Gasteiger partial charge in [0.05, 0.1) is 0 Å². The minimum Gasteiger partial charge on any atom is -0.207 e. The van der Waals surface area contributed by atoms with E-state index in [-0.39, 0.29) is 5.82 Å². The molecule has 0 aliphatic rings. The minimum atomic E-state index is -0.202. The minimum absolute atomic E-state index is 0.202. The van der Waals surface area contributed by atoms with Crippen molar-refractivity contribution in [2.24, 2.45) is 11.8 Å². The van der Waals surface area contributed by atoms with Crippen molar-refractivity contribution in [3.05, 3.63) is 34.6 Å². The molecule has 1 aromatic rings. The first-order valence-corrected chi connectivity index (χ1v) is 6.79. The predicted octanol–water partition coefficient (Wildman–Crippen LogP) is 5.08. The van der Waals surface area contributed by atoms with Crippen LogP contribution in [-0.4, -0.2) is 4.83 Å². The highest BCUT2D eigenvalue weighted by Crippen LogP contribution is 2.29. The lowest BCUT2D eigenvalue weighted by Crippen LogP contribution is -2.21. The van der Waals surface area contributed by atoms with Crippen molar-refractivity contribution in [1.82, 2.24) is 0 Å². The molecule has 0 radical (unpaired) electrons. The Morgan fingerprint density at radius 1 is 1.31 bits per heavy atom. The van der Waals surface area contributed by atoms with Crippen molar-refractivity contribution in [2.45, 2.75) is 32.0 Å². The summed E-state index contributed by atoms with van der Waals surface area (Å²) in [5.74, 6) is 0.672. The molecule has 0 aliphatic carbocycles. The standard InChI is InChI=1S/C13H17BrClF/c1-8(2)10(9(3)14)7-11-12(15)5-4-6-13(11)16/h4-6,8-10H,7H2,1-3H3. The zero-order valence-corrected chi connectivity index (χ0v) is 12.1. The number of rotatable bonds is 4. The van der Waals surface area contributed by atoms with Crippen molar-refractivity contribution in [3.8, 4) is 0 Å². The summed E-state index contributed by atoms with van der Waals surface area (Å²) in [6.07, 6.45) is 0.676. The van der Waals surface area contributed by atoms with E-state index in [2.05, 4.69) is 36.7 Å². The normalized spacial score (nSPS) is 15.2. The van der Waals surface area contributed by atoms with Gasteiger partial charge in [-0.3, -0.25) is 0 Å². The Morgan fingerprint density at radius 2 is 1.94 bits per heavy atom. The van der Waals surface area contributed by atoms with Crippen LogP contribution >= 0.6 is 27.5 Å². The van der Waals surface area contributed by atoms with Gasteiger partial charge in [-0.15, -0.1) is 0 Å². The largest absolute Gasteiger partial charge is 0.207 e. The van der Waals surface area contributed by atoms with Crippen LogP contribution in [0.2, 0.25) is 5.02 Å². The van der Waals surface area contributed by atoms with E-state index in [1.807, 2.05) is 0 Å². The molecule has 0 fully saturated rings. The van der Waals surface area contributed by atoms with Gasteiger partial charge in [0, 0.05) is 15.4 Å². The summed E-state index contributed by atoms with van der Waals surface area (Å²) in [5, 5.41) is 0.527. The van der Waals surface area contributed by atoms with Crippen LogP contribution in [0.4, 0.5) is 4.39 Å². The molecule has 0 heterocycles. The molecule has 0 saturated heterocycles. The molecular weight excluding hydrogens is 290 g/mol. The Morgan fingerprint density at radius 3 is 2.38 bits per heavy atom. The monoisotopic (exact) mass is 306 g/mol. The van der Waals surface area contributed by atoms with E-state index in [1.54, 1.807) is 12.1 Å². The molecule has 1 aromatic carbocycles.